The number of hydrogen-bond acceptors (Lipinski definition) is 2. The van der Waals surface area contributed by atoms with Crippen LogP contribution in [-0.2, 0) is 6.42 Å². The maximum Gasteiger partial charge on any atom is 0.0972 e. The Morgan fingerprint density at radius 3 is 2.69 bits per heavy atom. The Morgan fingerprint density at radius 1 is 1.25 bits per heavy atom. The van der Waals surface area contributed by atoms with Crippen LogP contribution in [0.1, 0.15) is 42.5 Å². The molecule has 0 saturated carbocycles. The molecule has 0 aliphatic heterocycles. The smallest absolute Gasteiger partial charge is 0.0972 e. The number of thiazole rings is 1. The lowest BCUT2D eigenvalue weighted by Gasteiger charge is -2.02. The average Bonchev–Trinajstić information content (AvgIpc) is 2.78. The molecule has 0 aliphatic carbocycles. The topological polar surface area (TPSA) is 12.9 Å². The van der Waals surface area contributed by atoms with Crippen LogP contribution < -0.4 is 0 Å². The predicted molar refractivity (Wildman–Crippen MR) is 70.1 cm³/mol. The van der Waals surface area contributed by atoms with E-state index in [0.29, 0.717) is 5.92 Å². The zero-order valence-electron chi connectivity index (χ0n) is 9.81. The third-order valence-electron chi connectivity index (χ3n) is 2.88. The quantitative estimate of drug-likeness (QED) is 0.766. The molecular weight excluding hydrogens is 214 g/mol. The summed E-state index contributed by atoms with van der Waals surface area (Å²) in [4.78, 5) is 4.69. The Balaban J connectivity index is 2.09. The van der Waals surface area contributed by atoms with E-state index in [0.717, 1.165) is 12.8 Å². The Labute approximate surface area is 101 Å². The lowest BCUT2D eigenvalue weighted by Crippen LogP contribution is -1.93. The summed E-state index contributed by atoms with van der Waals surface area (Å²) in [5, 5.41) is 3.42. The van der Waals surface area contributed by atoms with Gasteiger partial charge in [-0.3, -0.25) is 0 Å². The van der Waals surface area contributed by atoms with Crippen molar-refractivity contribution in [3.63, 3.8) is 0 Å². The fourth-order valence-corrected chi connectivity index (χ4v) is 2.56. The van der Waals surface area contributed by atoms with E-state index in [1.54, 1.807) is 11.3 Å². The Hall–Kier alpha value is -1.15. The second kappa shape index (κ2) is 5.26. The number of rotatable bonds is 4. The van der Waals surface area contributed by atoms with Gasteiger partial charge in [0.25, 0.3) is 0 Å². The summed E-state index contributed by atoms with van der Waals surface area (Å²) in [6.45, 7) is 4.45. The third-order valence-corrected chi connectivity index (χ3v) is 3.75. The molecule has 0 aliphatic rings. The minimum atomic E-state index is 0.584. The van der Waals surface area contributed by atoms with Gasteiger partial charge in [0.05, 0.1) is 10.7 Å². The van der Waals surface area contributed by atoms with Gasteiger partial charge in [0.2, 0.25) is 0 Å². The van der Waals surface area contributed by atoms with Gasteiger partial charge in [0.15, 0.2) is 0 Å². The summed E-state index contributed by atoms with van der Waals surface area (Å²) >= 11 is 1.78. The fraction of sp³-hybridized carbons (Fsp3) is 0.357. The monoisotopic (exact) mass is 231 g/mol. The predicted octanol–water partition coefficient (Wildman–Crippen LogP) is 4.25. The number of hydrogen-bond donors (Lipinski definition) is 0. The zero-order chi connectivity index (χ0) is 11.4. The van der Waals surface area contributed by atoms with E-state index in [9.17, 15) is 0 Å². The summed E-state index contributed by atoms with van der Waals surface area (Å²) in [6, 6.07) is 10.5. The van der Waals surface area contributed by atoms with Crippen molar-refractivity contribution in [1.82, 2.24) is 4.98 Å². The molecule has 0 spiro atoms. The van der Waals surface area contributed by atoms with Crippen LogP contribution in [0.3, 0.4) is 0 Å². The van der Waals surface area contributed by atoms with E-state index >= 15 is 0 Å². The first-order valence-electron chi connectivity index (χ1n) is 5.77. The molecule has 1 atom stereocenters. The molecule has 0 bridgehead atoms. The maximum atomic E-state index is 4.69. The molecule has 1 aromatic heterocycles. The van der Waals surface area contributed by atoms with Crippen molar-refractivity contribution >= 4 is 11.3 Å². The van der Waals surface area contributed by atoms with Crippen molar-refractivity contribution in [2.45, 2.75) is 32.6 Å². The number of benzene rings is 1. The maximum absolute atomic E-state index is 4.69. The van der Waals surface area contributed by atoms with E-state index in [-0.39, 0.29) is 0 Å². The van der Waals surface area contributed by atoms with Gasteiger partial charge in [-0.15, -0.1) is 11.3 Å². The molecule has 1 nitrogen and oxygen atoms in total. The van der Waals surface area contributed by atoms with E-state index in [4.69, 9.17) is 4.98 Å². The third kappa shape index (κ3) is 2.70. The first-order chi connectivity index (χ1) is 7.79. The van der Waals surface area contributed by atoms with Crippen LogP contribution in [0.2, 0.25) is 0 Å². The molecule has 0 radical (unpaired) electrons. The SMILES string of the molecule is CCC(C)c1csc(Cc2ccccc2)n1. The van der Waals surface area contributed by atoms with E-state index in [2.05, 4.69) is 49.6 Å². The molecule has 1 aromatic carbocycles. The zero-order valence-corrected chi connectivity index (χ0v) is 10.6. The molecule has 2 aromatic rings. The summed E-state index contributed by atoms with van der Waals surface area (Å²) in [5.74, 6) is 0.584. The second-order valence-electron chi connectivity index (χ2n) is 4.14. The van der Waals surface area contributed by atoms with Crippen molar-refractivity contribution < 1.29 is 0 Å². The highest BCUT2D eigenvalue weighted by molar-refractivity contribution is 7.09. The molecule has 84 valence electrons. The Bertz CT molecular complexity index is 433. The number of aromatic nitrogens is 1. The Kier molecular flexibility index (Phi) is 3.73. The average molecular weight is 231 g/mol. The molecule has 0 saturated heterocycles. The van der Waals surface area contributed by atoms with Gasteiger partial charge in [-0.2, -0.15) is 0 Å². The fourth-order valence-electron chi connectivity index (χ4n) is 1.61. The molecular formula is C14H17NS. The normalized spacial score (nSPS) is 12.6. The van der Waals surface area contributed by atoms with Crippen molar-refractivity contribution in [3.8, 4) is 0 Å². The molecule has 2 heteroatoms. The lowest BCUT2D eigenvalue weighted by molar-refractivity contribution is 0.710. The highest BCUT2D eigenvalue weighted by Crippen LogP contribution is 2.22. The van der Waals surface area contributed by atoms with Gasteiger partial charge in [-0.25, -0.2) is 4.98 Å². The molecule has 0 N–H and O–H groups in total. The van der Waals surface area contributed by atoms with Crippen LogP contribution >= 0.6 is 11.3 Å². The Morgan fingerprint density at radius 2 is 2.00 bits per heavy atom. The van der Waals surface area contributed by atoms with Crippen LogP contribution in [-0.4, -0.2) is 4.98 Å². The highest BCUT2D eigenvalue weighted by atomic mass is 32.1. The number of nitrogens with zero attached hydrogens (tertiary/aromatic N) is 1. The minimum absolute atomic E-state index is 0.584. The van der Waals surface area contributed by atoms with E-state index < -0.39 is 0 Å². The minimum Gasteiger partial charge on any atom is -0.246 e. The van der Waals surface area contributed by atoms with Crippen molar-refractivity contribution in [1.29, 1.82) is 0 Å². The first kappa shape index (κ1) is 11.3. The first-order valence-corrected chi connectivity index (χ1v) is 6.65. The van der Waals surface area contributed by atoms with Gasteiger partial charge in [-0.1, -0.05) is 44.2 Å². The summed E-state index contributed by atoms with van der Waals surface area (Å²) in [6.07, 6.45) is 2.12. The molecule has 2 rings (SSSR count). The van der Waals surface area contributed by atoms with E-state index in [1.807, 2.05) is 0 Å². The molecule has 0 fully saturated rings. The van der Waals surface area contributed by atoms with Crippen LogP contribution in [0.4, 0.5) is 0 Å². The standard InChI is InChI=1S/C14H17NS/c1-3-11(2)13-10-16-14(15-13)9-12-7-5-4-6-8-12/h4-8,10-11H,3,9H2,1-2H3. The van der Waals surface area contributed by atoms with Crippen LogP contribution in [0, 0.1) is 0 Å². The van der Waals surface area contributed by atoms with Gasteiger partial charge in [0, 0.05) is 11.8 Å². The van der Waals surface area contributed by atoms with Gasteiger partial charge in [-0.05, 0) is 17.9 Å². The highest BCUT2D eigenvalue weighted by Gasteiger charge is 2.08. The van der Waals surface area contributed by atoms with Gasteiger partial charge < -0.3 is 0 Å². The van der Waals surface area contributed by atoms with Crippen LogP contribution in [0.25, 0.3) is 0 Å². The van der Waals surface area contributed by atoms with Crippen molar-refractivity contribution in [2.75, 3.05) is 0 Å². The second-order valence-corrected chi connectivity index (χ2v) is 5.08. The molecule has 16 heavy (non-hydrogen) atoms. The van der Waals surface area contributed by atoms with E-state index in [1.165, 1.54) is 16.3 Å². The molecule has 1 heterocycles. The van der Waals surface area contributed by atoms with Gasteiger partial charge in [0.1, 0.15) is 0 Å². The molecule has 0 amide bonds. The molecule has 1 unspecified atom stereocenters. The summed E-state index contributed by atoms with van der Waals surface area (Å²) in [5.41, 5.74) is 2.59. The lowest BCUT2D eigenvalue weighted by atomic mass is 10.1. The van der Waals surface area contributed by atoms with Gasteiger partial charge >= 0.3 is 0 Å². The largest absolute Gasteiger partial charge is 0.246 e. The van der Waals surface area contributed by atoms with Crippen LogP contribution in [0.5, 0.6) is 0 Å². The van der Waals surface area contributed by atoms with Crippen molar-refractivity contribution in [3.05, 3.63) is 52.0 Å². The summed E-state index contributed by atoms with van der Waals surface area (Å²) in [7, 11) is 0. The van der Waals surface area contributed by atoms with Crippen molar-refractivity contribution in [2.24, 2.45) is 0 Å². The summed E-state index contributed by atoms with van der Waals surface area (Å²) < 4.78 is 0. The van der Waals surface area contributed by atoms with Crippen LogP contribution in [0.15, 0.2) is 35.7 Å².